The topological polar surface area (TPSA) is 134 Å². The first-order valence-electron chi connectivity index (χ1n) is 11.6. The van der Waals surface area contributed by atoms with Gasteiger partial charge in [0.25, 0.3) is 17.7 Å². The van der Waals surface area contributed by atoms with Gasteiger partial charge in [-0.05, 0) is 65.0 Å². The number of nitrogens with one attached hydrogen (secondary N) is 3. The molecular formula is C26H30N4O6. The molecule has 0 saturated heterocycles. The third-order valence-electron chi connectivity index (χ3n) is 5.17. The molecule has 0 fully saturated rings. The Morgan fingerprint density at radius 1 is 0.917 bits per heavy atom. The Labute approximate surface area is 209 Å². The molecule has 10 nitrogen and oxygen atoms in total. The number of anilines is 2. The van der Waals surface area contributed by atoms with E-state index in [4.69, 9.17) is 4.74 Å². The first kappa shape index (κ1) is 26.4. The van der Waals surface area contributed by atoms with Crippen molar-refractivity contribution in [3.8, 4) is 0 Å². The molecule has 2 aromatic carbocycles. The van der Waals surface area contributed by atoms with Crippen molar-refractivity contribution in [2.24, 2.45) is 0 Å². The summed E-state index contributed by atoms with van der Waals surface area (Å²) in [5.41, 5.74) is 0.717. The number of para-hydroxylation sites is 2. The molecule has 1 heterocycles. The molecular weight excluding hydrogens is 464 g/mol. The van der Waals surface area contributed by atoms with E-state index in [9.17, 15) is 24.0 Å². The minimum atomic E-state index is -0.640. The van der Waals surface area contributed by atoms with Crippen LogP contribution in [0.3, 0.4) is 0 Å². The lowest BCUT2D eigenvalue weighted by Gasteiger charge is -2.19. The van der Waals surface area contributed by atoms with Crippen molar-refractivity contribution in [3.05, 3.63) is 59.2 Å². The van der Waals surface area contributed by atoms with Gasteiger partial charge in [0.2, 0.25) is 5.91 Å². The Morgan fingerprint density at radius 2 is 1.53 bits per heavy atom. The number of benzene rings is 2. The van der Waals surface area contributed by atoms with E-state index in [1.165, 1.54) is 18.2 Å². The number of alkyl carbamates (subject to hydrolysis) is 1. The number of hydrogen-bond donors (Lipinski definition) is 3. The molecule has 1 aliphatic heterocycles. The maximum absolute atomic E-state index is 12.9. The molecule has 0 spiro atoms. The van der Waals surface area contributed by atoms with Crippen molar-refractivity contribution in [1.82, 2.24) is 10.2 Å². The zero-order chi connectivity index (χ0) is 26.6. The van der Waals surface area contributed by atoms with Crippen LogP contribution in [0.25, 0.3) is 0 Å². The number of nitrogens with zero attached hydrogens (tertiary/aromatic N) is 1. The molecule has 0 atom stereocenters. The highest BCUT2D eigenvalue weighted by Crippen LogP contribution is 2.27. The highest BCUT2D eigenvalue weighted by atomic mass is 16.6. The first-order chi connectivity index (χ1) is 16.9. The molecule has 0 bridgehead atoms. The summed E-state index contributed by atoms with van der Waals surface area (Å²) in [6, 6.07) is 10.7. The number of amides is 5. The first-order valence-corrected chi connectivity index (χ1v) is 11.6. The van der Waals surface area contributed by atoms with Gasteiger partial charge in [-0.1, -0.05) is 12.1 Å². The highest BCUT2D eigenvalue weighted by Gasteiger charge is 2.37. The van der Waals surface area contributed by atoms with E-state index in [1.54, 1.807) is 58.9 Å². The Morgan fingerprint density at radius 3 is 2.14 bits per heavy atom. The molecule has 190 valence electrons. The van der Waals surface area contributed by atoms with Crippen LogP contribution in [0, 0.1) is 0 Å². The summed E-state index contributed by atoms with van der Waals surface area (Å²) in [6.45, 7) is 8.79. The smallest absolute Gasteiger partial charge is 0.407 e. The lowest BCUT2D eigenvalue weighted by Crippen LogP contribution is -2.35. The summed E-state index contributed by atoms with van der Waals surface area (Å²) < 4.78 is 5.13. The molecule has 5 amide bonds. The second-order valence-corrected chi connectivity index (χ2v) is 9.56. The van der Waals surface area contributed by atoms with Crippen molar-refractivity contribution in [3.63, 3.8) is 0 Å². The monoisotopic (exact) mass is 494 g/mol. The van der Waals surface area contributed by atoms with Crippen LogP contribution < -0.4 is 16.0 Å². The van der Waals surface area contributed by atoms with Crippen LogP contribution >= 0.6 is 0 Å². The highest BCUT2D eigenvalue weighted by molar-refractivity contribution is 6.22. The molecule has 3 N–H and O–H groups in total. The largest absolute Gasteiger partial charge is 0.444 e. The van der Waals surface area contributed by atoms with Crippen LogP contribution in [0.4, 0.5) is 16.2 Å². The normalized spacial score (nSPS) is 12.9. The predicted octanol–water partition coefficient (Wildman–Crippen LogP) is 3.80. The van der Waals surface area contributed by atoms with E-state index in [2.05, 4.69) is 16.0 Å². The number of hydrogen-bond acceptors (Lipinski definition) is 6. The number of imide groups is 1. The molecule has 3 rings (SSSR count). The predicted molar refractivity (Wildman–Crippen MR) is 134 cm³/mol. The number of rotatable bonds is 7. The van der Waals surface area contributed by atoms with Crippen LogP contribution in [0.1, 0.15) is 72.1 Å². The van der Waals surface area contributed by atoms with Crippen LogP contribution in [0.5, 0.6) is 0 Å². The lowest BCUT2D eigenvalue weighted by atomic mass is 10.1. The number of ether oxygens (including phenoxy) is 1. The van der Waals surface area contributed by atoms with Gasteiger partial charge >= 0.3 is 6.09 Å². The zero-order valence-electron chi connectivity index (χ0n) is 20.9. The van der Waals surface area contributed by atoms with E-state index in [0.29, 0.717) is 11.4 Å². The molecule has 1 aliphatic rings. The van der Waals surface area contributed by atoms with Crippen LogP contribution in [-0.2, 0) is 9.53 Å². The summed E-state index contributed by atoms with van der Waals surface area (Å²) in [7, 11) is 0. The van der Waals surface area contributed by atoms with Crippen molar-refractivity contribution >= 4 is 41.1 Å². The van der Waals surface area contributed by atoms with Crippen LogP contribution in [0.2, 0.25) is 0 Å². The maximum Gasteiger partial charge on any atom is 0.407 e. The summed E-state index contributed by atoms with van der Waals surface area (Å²) in [5.74, 6) is -1.70. The van der Waals surface area contributed by atoms with Crippen molar-refractivity contribution in [2.45, 2.75) is 52.7 Å². The van der Waals surface area contributed by atoms with Crippen molar-refractivity contribution in [1.29, 1.82) is 0 Å². The standard InChI is InChI=1S/C26H30N4O6/c1-15(2)30-23(33)17-11-10-16(14-18(17)24(30)34)22(32)29-20-9-7-6-8-19(20)28-21(31)12-13-27-25(35)36-26(3,4)5/h6-11,14-15H,12-13H2,1-5H3,(H,27,35)(H,28,31)(H,29,32). The van der Waals surface area contributed by atoms with E-state index >= 15 is 0 Å². The van der Waals surface area contributed by atoms with Gasteiger partial charge in [0, 0.05) is 24.6 Å². The SMILES string of the molecule is CC(C)N1C(=O)c2ccc(C(=O)Nc3ccccc3NC(=O)CCNC(=O)OC(C)(C)C)cc2C1=O. The number of carbonyl (C=O) groups is 5. The maximum atomic E-state index is 12.9. The Bertz CT molecular complexity index is 1220. The minimum Gasteiger partial charge on any atom is -0.444 e. The van der Waals surface area contributed by atoms with Gasteiger partial charge in [0.1, 0.15) is 5.60 Å². The average molecular weight is 495 g/mol. The second-order valence-electron chi connectivity index (χ2n) is 9.56. The van der Waals surface area contributed by atoms with Gasteiger partial charge in [-0.3, -0.25) is 24.1 Å². The van der Waals surface area contributed by atoms with Gasteiger partial charge in [0.05, 0.1) is 22.5 Å². The average Bonchev–Trinajstić information content (AvgIpc) is 3.03. The van der Waals surface area contributed by atoms with E-state index in [1.807, 2.05) is 0 Å². The van der Waals surface area contributed by atoms with Crippen LogP contribution in [-0.4, -0.2) is 52.8 Å². The fourth-order valence-corrected chi connectivity index (χ4v) is 3.57. The summed E-state index contributed by atoms with van der Waals surface area (Å²) >= 11 is 0. The fourth-order valence-electron chi connectivity index (χ4n) is 3.57. The second kappa shape index (κ2) is 10.6. The minimum absolute atomic E-state index is 0.00512. The molecule has 0 aromatic heterocycles. The van der Waals surface area contributed by atoms with Gasteiger partial charge in [-0.15, -0.1) is 0 Å². The molecule has 0 radical (unpaired) electrons. The lowest BCUT2D eigenvalue weighted by molar-refractivity contribution is -0.116. The molecule has 36 heavy (non-hydrogen) atoms. The van der Waals surface area contributed by atoms with Gasteiger partial charge < -0.3 is 20.7 Å². The summed E-state index contributed by atoms with van der Waals surface area (Å²) in [4.78, 5) is 63.3. The van der Waals surface area contributed by atoms with Gasteiger partial charge in [-0.2, -0.15) is 0 Å². The van der Waals surface area contributed by atoms with E-state index < -0.39 is 23.5 Å². The molecule has 10 heteroatoms. The number of carbonyl (C=O) groups excluding carboxylic acids is 5. The Balaban J connectivity index is 1.64. The zero-order valence-corrected chi connectivity index (χ0v) is 20.9. The van der Waals surface area contributed by atoms with Crippen molar-refractivity contribution < 1.29 is 28.7 Å². The third kappa shape index (κ3) is 6.26. The molecule has 0 saturated carbocycles. The van der Waals surface area contributed by atoms with Gasteiger partial charge in [0.15, 0.2) is 0 Å². The van der Waals surface area contributed by atoms with E-state index in [-0.39, 0.29) is 47.5 Å². The van der Waals surface area contributed by atoms with Crippen molar-refractivity contribution in [2.75, 3.05) is 17.2 Å². The Kier molecular flexibility index (Phi) is 7.77. The quantitative estimate of drug-likeness (QED) is 0.502. The van der Waals surface area contributed by atoms with Gasteiger partial charge in [-0.25, -0.2) is 4.79 Å². The molecule has 0 aliphatic carbocycles. The number of fused-ring (bicyclic) bond motifs is 1. The third-order valence-corrected chi connectivity index (χ3v) is 5.17. The van der Waals surface area contributed by atoms with E-state index in [0.717, 1.165) is 4.90 Å². The Hall–Kier alpha value is -4.21. The molecule has 2 aromatic rings. The van der Waals surface area contributed by atoms with Crippen LogP contribution in [0.15, 0.2) is 42.5 Å². The summed E-state index contributed by atoms with van der Waals surface area (Å²) in [6.07, 6.45) is -0.622. The fraction of sp³-hybridized carbons (Fsp3) is 0.346. The molecule has 0 unspecified atom stereocenters. The summed E-state index contributed by atoms with van der Waals surface area (Å²) in [5, 5.41) is 7.96.